The summed E-state index contributed by atoms with van der Waals surface area (Å²) >= 11 is 0. The van der Waals surface area contributed by atoms with Gasteiger partial charge in [-0.2, -0.15) is 0 Å². The molecule has 3 rings (SSSR count). The molecule has 2 aliphatic rings. The van der Waals surface area contributed by atoms with Gasteiger partial charge in [-0.05, 0) is 38.5 Å². The van der Waals surface area contributed by atoms with E-state index < -0.39 is 0 Å². The zero-order chi connectivity index (χ0) is 12.4. The number of nitrogens with one attached hydrogen (secondary N) is 1. The maximum atomic E-state index is 5.61. The highest BCUT2D eigenvalue weighted by Gasteiger charge is 2.23. The summed E-state index contributed by atoms with van der Waals surface area (Å²) in [6.45, 7) is 1.63. The van der Waals surface area contributed by atoms with Gasteiger partial charge in [0.2, 0.25) is 0 Å². The Morgan fingerprint density at radius 1 is 1.11 bits per heavy atom. The summed E-state index contributed by atoms with van der Waals surface area (Å²) in [6.07, 6.45) is 6.57. The molecule has 2 heterocycles. The van der Waals surface area contributed by atoms with E-state index in [9.17, 15) is 0 Å². The van der Waals surface area contributed by atoms with E-state index in [2.05, 4.69) is 10.4 Å². The van der Waals surface area contributed by atoms with Crippen molar-refractivity contribution < 1.29 is 4.74 Å². The topological polar surface area (TPSA) is 73.1 Å². The highest BCUT2D eigenvalue weighted by Crippen LogP contribution is 2.30. The predicted octanol–water partition coefficient (Wildman–Crippen LogP) is 1.53. The molecule has 1 aromatic rings. The van der Waals surface area contributed by atoms with Crippen LogP contribution < -0.4 is 11.3 Å². The van der Waals surface area contributed by atoms with Gasteiger partial charge < -0.3 is 10.2 Å². The average molecular weight is 248 g/mol. The maximum absolute atomic E-state index is 5.61. The van der Waals surface area contributed by atoms with Crippen molar-refractivity contribution in [3.05, 3.63) is 17.1 Å². The number of ether oxygens (including phenoxy) is 1. The van der Waals surface area contributed by atoms with Gasteiger partial charge in [0.25, 0.3) is 0 Å². The van der Waals surface area contributed by atoms with Crippen LogP contribution in [0, 0.1) is 0 Å². The number of hydrogen-bond donors (Lipinski definition) is 2. The van der Waals surface area contributed by atoms with Crippen LogP contribution in [0.2, 0.25) is 0 Å². The Labute approximate surface area is 107 Å². The number of aryl methyl sites for hydroxylation is 1. The van der Waals surface area contributed by atoms with E-state index in [1.807, 2.05) is 0 Å². The lowest BCUT2D eigenvalue weighted by atomic mass is 9.94. The van der Waals surface area contributed by atoms with Gasteiger partial charge in [0.05, 0.1) is 0 Å². The van der Waals surface area contributed by atoms with Crippen molar-refractivity contribution in [1.82, 2.24) is 9.97 Å². The largest absolute Gasteiger partial charge is 0.381 e. The smallest absolute Gasteiger partial charge is 0.147 e. The Morgan fingerprint density at radius 3 is 2.67 bits per heavy atom. The van der Waals surface area contributed by atoms with Crippen LogP contribution in [0.1, 0.15) is 48.7 Å². The minimum Gasteiger partial charge on any atom is -0.381 e. The summed E-state index contributed by atoms with van der Waals surface area (Å²) < 4.78 is 5.39. The number of nitrogen functional groups attached to an aromatic ring is 1. The summed E-state index contributed by atoms with van der Waals surface area (Å²) in [4.78, 5) is 9.41. The van der Waals surface area contributed by atoms with E-state index in [4.69, 9.17) is 15.6 Å². The van der Waals surface area contributed by atoms with Crippen LogP contribution in [0.3, 0.4) is 0 Å². The molecular formula is C13H20N4O. The molecule has 0 aromatic carbocycles. The molecule has 0 radical (unpaired) electrons. The molecule has 3 N–H and O–H groups in total. The Hall–Kier alpha value is -1.20. The van der Waals surface area contributed by atoms with Gasteiger partial charge in [-0.3, -0.25) is 0 Å². The van der Waals surface area contributed by atoms with E-state index in [0.717, 1.165) is 50.5 Å². The fourth-order valence-corrected chi connectivity index (χ4v) is 2.87. The van der Waals surface area contributed by atoms with Crippen LogP contribution in [-0.4, -0.2) is 23.2 Å². The standard InChI is InChI=1S/C13H20N4O/c14-17-13-10-3-1-2-4-11(10)15-12(16-13)9-5-7-18-8-6-9/h9H,1-8,14H2,(H,15,16,17). The van der Waals surface area contributed by atoms with Gasteiger partial charge in [-0.25, -0.2) is 15.8 Å². The van der Waals surface area contributed by atoms with Crippen molar-refractivity contribution in [1.29, 1.82) is 0 Å². The second kappa shape index (κ2) is 5.20. The predicted molar refractivity (Wildman–Crippen MR) is 69.3 cm³/mol. The van der Waals surface area contributed by atoms with Crippen LogP contribution in [0.25, 0.3) is 0 Å². The first-order valence-electron chi connectivity index (χ1n) is 6.82. The number of hydrazine groups is 1. The first-order chi connectivity index (χ1) is 8.88. The normalized spacial score (nSPS) is 20.5. The maximum Gasteiger partial charge on any atom is 0.147 e. The van der Waals surface area contributed by atoms with E-state index in [1.54, 1.807) is 0 Å². The molecule has 5 nitrogen and oxygen atoms in total. The van der Waals surface area contributed by atoms with Crippen LogP contribution in [0.15, 0.2) is 0 Å². The van der Waals surface area contributed by atoms with Crippen LogP contribution in [0.4, 0.5) is 5.82 Å². The van der Waals surface area contributed by atoms with E-state index in [1.165, 1.54) is 24.1 Å². The summed E-state index contributed by atoms with van der Waals surface area (Å²) in [5.41, 5.74) is 5.17. The van der Waals surface area contributed by atoms with E-state index in [0.29, 0.717) is 5.92 Å². The molecule has 0 saturated carbocycles. The zero-order valence-electron chi connectivity index (χ0n) is 10.6. The van der Waals surface area contributed by atoms with Gasteiger partial charge in [0.1, 0.15) is 11.6 Å². The van der Waals surface area contributed by atoms with Gasteiger partial charge in [-0.15, -0.1) is 0 Å². The third-order valence-electron chi connectivity index (χ3n) is 3.92. The van der Waals surface area contributed by atoms with E-state index >= 15 is 0 Å². The highest BCUT2D eigenvalue weighted by molar-refractivity contribution is 5.47. The first kappa shape index (κ1) is 11.9. The van der Waals surface area contributed by atoms with Gasteiger partial charge in [-0.1, -0.05) is 0 Å². The number of hydrogen-bond acceptors (Lipinski definition) is 5. The van der Waals surface area contributed by atoms with Crippen molar-refractivity contribution in [2.45, 2.75) is 44.4 Å². The van der Waals surface area contributed by atoms with Crippen molar-refractivity contribution >= 4 is 5.82 Å². The number of nitrogens with two attached hydrogens (primary N) is 1. The average Bonchev–Trinajstić information content (AvgIpc) is 2.47. The SMILES string of the molecule is NNc1nc(C2CCOCC2)nc2c1CCCC2. The molecule has 1 aliphatic heterocycles. The lowest BCUT2D eigenvalue weighted by molar-refractivity contribution is 0.0835. The molecule has 0 unspecified atom stereocenters. The van der Waals surface area contributed by atoms with Crippen LogP contribution in [-0.2, 0) is 17.6 Å². The molecular weight excluding hydrogens is 228 g/mol. The lowest BCUT2D eigenvalue weighted by Crippen LogP contribution is -2.21. The zero-order valence-corrected chi connectivity index (χ0v) is 10.6. The molecule has 5 heteroatoms. The second-order valence-corrected chi connectivity index (χ2v) is 5.09. The molecule has 98 valence electrons. The number of aromatic nitrogens is 2. The molecule has 1 aliphatic carbocycles. The number of anilines is 1. The number of fused-ring (bicyclic) bond motifs is 1. The molecule has 1 aromatic heterocycles. The summed E-state index contributed by atoms with van der Waals surface area (Å²) in [6, 6.07) is 0. The molecule has 18 heavy (non-hydrogen) atoms. The van der Waals surface area contributed by atoms with Crippen molar-refractivity contribution in [2.75, 3.05) is 18.6 Å². The third-order valence-corrected chi connectivity index (χ3v) is 3.92. The van der Waals surface area contributed by atoms with Crippen molar-refractivity contribution in [3.8, 4) is 0 Å². The quantitative estimate of drug-likeness (QED) is 0.613. The van der Waals surface area contributed by atoms with Gasteiger partial charge in [0, 0.05) is 30.4 Å². The van der Waals surface area contributed by atoms with Gasteiger partial charge >= 0.3 is 0 Å². The Morgan fingerprint density at radius 2 is 1.89 bits per heavy atom. The fourth-order valence-electron chi connectivity index (χ4n) is 2.87. The van der Waals surface area contributed by atoms with Gasteiger partial charge in [0.15, 0.2) is 0 Å². The minimum atomic E-state index is 0.429. The van der Waals surface area contributed by atoms with Crippen molar-refractivity contribution in [3.63, 3.8) is 0 Å². The van der Waals surface area contributed by atoms with Crippen LogP contribution >= 0.6 is 0 Å². The Balaban J connectivity index is 1.94. The molecule has 1 fully saturated rings. The molecule has 0 spiro atoms. The Bertz CT molecular complexity index is 412. The van der Waals surface area contributed by atoms with E-state index in [-0.39, 0.29) is 0 Å². The van der Waals surface area contributed by atoms with Crippen molar-refractivity contribution in [2.24, 2.45) is 5.84 Å². The molecule has 0 atom stereocenters. The molecule has 0 bridgehead atoms. The first-order valence-corrected chi connectivity index (χ1v) is 6.82. The highest BCUT2D eigenvalue weighted by atomic mass is 16.5. The third kappa shape index (κ3) is 2.20. The van der Waals surface area contributed by atoms with Crippen LogP contribution in [0.5, 0.6) is 0 Å². The summed E-state index contributed by atoms with van der Waals surface area (Å²) in [5.74, 6) is 7.82. The summed E-state index contributed by atoms with van der Waals surface area (Å²) in [7, 11) is 0. The Kier molecular flexibility index (Phi) is 3.43. The lowest BCUT2D eigenvalue weighted by Gasteiger charge is -2.24. The monoisotopic (exact) mass is 248 g/mol. The summed E-state index contributed by atoms with van der Waals surface area (Å²) in [5, 5.41) is 0. The molecule has 0 amide bonds. The number of rotatable bonds is 2. The second-order valence-electron chi connectivity index (χ2n) is 5.09. The number of nitrogens with zero attached hydrogens (tertiary/aromatic N) is 2. The molecule has 1 saturated heterocycles. The fraction of sp³-hybridized carbons (Fsp3) is 0.692. The minimum absolute atomic E-state index is 0.429.